The molecule has 0 fully saturated rings. The summed E-state index contributed by atoms with van der Waals surface area (Å²) in [5.41, 5.74) is 9.61. The van der Waals surface area contributed by atoms with Crippen molar-refractivity contribution in [3.8, 4) is 11.1 Å². The largest absolute Gasteiger partial charge is 0.481 e. The van der Waals surface area contributed by atoms with Gasteiger partial charge < -0.3 is 15.6 Å². The third-order valence-corrected chi connectivity index (χ3v) is 6.06. The Hall–Kier alpha value is -3.65. The van der Waals surface area contributed by atoms with Crippen LogP contribution < -0.4 is 5.73 Å². The molecule has 0 aromatic heterocycles. The first-order valence-electron chi connectivity index (χ1n) is 10.7. The fourth-order valence-corrected chi connectivity index (χ4v) is 4.37. The number of carboxylic acid groups (broad SMARTS) is 1. The summed E-state index contributed by atoms with van der Waals surface area (Å²) in [5.74, 6) is -4.32. The summed E-state index contributed by atoms with van der Waals surface area (Å²) < 4.78 is 43.7. The van der Waals surface area contributed by atoms with Gasteiger partial charge in [-0.15, -0.1) is 0 Å². The second-order valence-electron chi connectivity index (χ2n) is 8.24. The summed E-state index contributed by atoms with van der Waals surface area (Å²) in [6, 6.07) is 18.5. The van der Waals surface area contributed by atoms with E-state index in [2.05, 4.69) is 0 Å². The summed E-state index contributed by atoms with van der Waals surface area (Å²) in [6.45, 7) is -0.0519. The molecule has 0 amide bonds. The van der Waals surface area contributed by atoms with Crippen LogP contribution in [0, 0.1) is 5.92 Å². The van der Waals surface area contributed by atoms with Crippen LogP contribution in [0.1, 0.15) is 28.2 Å². The van der Waals surface area contributed by atoms with Crippen LogP contribution in [-0.4, -0.2) is 29.7 Å². The van der Waals surface area contributed by atoms with E-state index in [9.17, 15) is 27.9 Å². The molecule has 176 valence electrons. The molecule has 0 saturated carbocycles. The molecule has 3 aromatic rings. The lowest BCUT2D eigenvalue weighted by Crippen LogP contribution is -2.43. The molecule has 0 spiro atoms. The lowest BCUT2D eigenvalue weighted by Gasteiger charge is -2.21. The predicted octanol–water partition coefficient (Wildman–Crippen LogP) is 4.63. The fourth-order valence-electron chi connectivity index (χ4n) is 4.37. The maximum atomic E-state index is 12.8. The number of aliphatic carboxylic acids is 1. The number of ether oxygens (including phenoxy) is 1. The molecule has 3 N–H and O–H groups in total. The van der Waals surface area contributed by atoms with E-state index in [1.807, 2.05) is 48.5 Å². The number of fused-ring (bicyclic) bond motifs is 3. The summed E-state index contributed by atoms with van der Waals surface area (Å²) in [7, 11) is 0. The first kappa shape index (κ1) is 23.5. The van der Waals surface area contributed by atoms with E-state index in [0.717, 1.165) is 34.4 Å². The number of hydrogen-bond donors (Lipinski definition) is 2. The van der Waals surface area contributed by atoms with E-state index >= 15 is 0 Å². The van der Waals surface area contributed by atoms with Gasteiger partial charge >= 0.3 is 18.1 Å². The number of benzene rings is 3. The Labute approximate surface area is 194 Å². The number of esters is 1. The number of rotatable bonds is 7. The molecule has 1 aliphatic carbocycles. The molecule has 34 heavy (non-hydrogen) atoms. The van der Waals surface area contributed by atoms with Crippen molar-refractivity contribution in [1.29, 1.82) is 0 Å². The predicted molar refractivity (Wildman–Crippen MR) is 119 cm³/mol. The molecular formula is C26H22F3NO4. The molecule has 8 heteroatoms. The average Bonchev–Trinajstić information content (AvgIpc) is 3.11. The van der Waals surface area contributed by atoms with Crippen LogP contribution in [0.5, 0.6) is 0 Å². The van der Waals surface area contributed by atoms with E-state index in [1.54, 1.807) is 0 Å². The SMILES string of the molecule is N[C@H](Cc1ccc(C(F)(F)F)cc1)[C@@H](C(=O)O)C(=O)OCC1c2ccccc2-c2ccccc21. The van der Waals surface area contributed by atoms with Gasteiger partial charge in [-0.3, -0.25) is 9.59 Å². The number of carboxylic acids is 1. The van der Waals surface area contributed by atoms with Crippen molar-refractivity contribution >= 4 is 11.9 Å². The average molecular weight is 469 g/mol. The lowest BCUT2D eigenvalue weighted by atomic mass is 9.93. The highest BCUT2D eigenvalue weighted by atomic mass is 19.4. The molecule has 0 unspecified atom stereocenters. The first-order chi connectivity index (χ1) is 16.2. The molecule has 2 atom stereocenters. The number of carbonyl (C=O) groups is 2. The van der Waals surface area contributed by atoms with Gasteiger partial charge in [0.05, 0.1) is 5.56 Å². The Kier molecular flexibility index (Phi) is 6.43. The van der Waals surface area contributed by atoms with Crippen LogP contribution in [0.3, 0.4) is 0 Å². The number of alkyl halides is 3. The van der Waals surface area contributed by atoms with Gasteiger partial charge in [0.25, 0.3) is 0 Å². The van der Waals surface area contributed by atoms with E-state index in [4.69, 9.17) is 10.5 Å². The molecule has 4 rings (SSSR count). The van der Waals surface area contributed by atoms with Crippen molar-refractivity contribution in [3.63, 3.8) is 0 Å². The van der Waals surface area contributed by atoms with Crippen LogP contribution in [0.4, 0.5) is 13.2 Å². The van der Waals surface area contributed by atoms with Crippen molar-refractivity contribution < 1.29 is 32.6 Å². The van der Waals surface area contributed by atoms with Crippen LogP contribution in [0.25, 0.3) is 11.1 Å². The smallest absolute Gasteiger partial charge is 0.416 e. The lowest BCUT2D eigenvalue weighted by molar-refractivity contribution is -0.159. The number of carbonyl (C=O) groups excluding carboxylic acids is 1. The quantitative estimate of drug-likeness (QED) is 0.389. The topological polar surface area (TPSA) is 89.6 Å². The zero-order chi connectivity index (χ0) is 24.5. The second-order valence-corrected chi connectivity index (χ2v) is 8.24. The van der Waals surface area contributed by atoms with E-state index in [1.165, 1.54) is 12.1 Å². The molecule has 0 radical (unpaired) electrons. The van der Waals surface area contributed by atoms with Gasteiger partial charge in [-0.1, -0.05) is 60.7 Å². The monoisotopic (exact) mass is 469 g/mol. The van der Waals surface area contributed by atoms with Crippen molar-refractivity contribution in [1.82, 2.24) is 0 Å². The summed E-state index contributed by atoms with van der Waals surface area (Å²) in [6.07, 6.45) is -4.58. The third-order valence-electron chi connectivity index (χ3n) is 6.06. The molecule has 0 bridgehead atoms. The zero-order valence-corrected chi connectivity index (χ0v) is 18.0. The molecule has 0 saturated heterocycles. The van der Waals surface area contributed by atoms with Gasteiger partial charge in [-0.2, -0.15) is 13.2 Å². The van der Waals surface area contributed by atoms with E-state index < -0.39 is 35.6 Å². The normalized spacial score (nSPS) is 14.7. The number of hydrogen-bond acceptors (Lipinski definition) is 4. The molecule has 0 aliphatic heterocycles. The maximum absolute atomic E-state index is 12.8. The Morgan fingerprint density at radius 2 is 1.44 bits per heavy atom. The van der Waals surface area contributed by atoms with Gasteiger partial charge in [0.15, 0.2) is 5.92 Å². The van der Waals surface area contributed by atoms with Gasteiger partial charge in [-0.05, 0) is 46.4 Å². The van der Waals surface area contributed by atoms with Crippen molar-refractivity contribution in [2.24, 2.45) is 11.7 Å². The minimum atomic E-state index is -4.48. The van der Waals surface area contributed by atoms with Crippen LogP contribution in [0.2, 0.25) is 0 Å². The highest BCUT2D eigenvalue weighted by Gasteiger charge is 2.36. The summed E-state index contributed by atoms with van der Waals surface area (Å²) >= 11 is 0. The first-order valence-corrected chi connectivity index (χ1v) is 10.7. The molecule has 3 aromatic carbocycles. The molecule has 5 nitrogen and oxygen atoms in total. The number of halogens is 3. The second kappa shape index (κ2) is 9.30. The highest BCUT2D eigenvalue weighted by molar-refractivity contribution is 5.95. The van der Waals surface area contributed by atoms with Crippen molar-refractivity contribution in [2.75, 3.05) is 6.61 Å². The minimum absolute atomic E-state index is 0.0519. The number of nitrogens with two attached hydrogens (primary N) is 1. The third kappa shape index (κ3) is 4.68. The fraction of sp³-hybridized carbons (Fsp3) is 0.231. The zero-order valence-electron chi connectivity index (χ0n) is 18.0. The van der Waals surface area contributed by atoms with Gasteiger partial charge in [0.2, 0.25) is 0 Å². The van der Waals surface area contributed by atoms with Crippen LogP contribution in [-0.2, 0) is 26.9 Å². The summed E-state index contributed by atoms with van der Waals surface area (Å²) in [4.78, 5) is 24.6. The van der Waals surface area contributed by atoms with E-state index in [-0.39, 0.29) is 18.9 Å². The van der Waals surface area contributed by atoms with Crippen LogP contribution >= 0.6 is 0 Å². The maximum Gasteiger partial charge on any atom is 0.416 e. The van der Waals surface area contributed by atoms with Gasteiger partial charge in [0, 0.05) is 12.0 Å². The van der Waals surface area contributed by atoms with Crippen molar-refractivity contribution in [2.45, 2.75) is 24.6 Å². The van der Waals surface area contributed by atoms with Gasteiger partial charge in [0.1, 0.15) is 6.61 Å². The Bertz CT molecular complexity index is 1160. The Morgan fingerprint density at radius 1 is 0.912 bits per heavy atom. The Morgan fingerprint density at radius 3 is 1.94 bits per heavy atom. The summed E-state index contributed by atoms with van der Waals surface area (Å²) in [5, 5.41) is 9.62. The molecule has 0 heterocycles. The van der Waals surface area contributed by atoms with Crippen LogP contribution in [0.15, 0.2) is 72.8 Å². The minimum Gasteiger partial charge on any atom is -0.481 e. The van der Waals surface area contributed by atoms with Crippen molar-refractivity contribution in [3.05, 3.63) is 95.1 Å². The standard InChI is InChI=1S/C26H22F3NO4/c27-26(28,29)16-11-9-15(10-12-16)13-22(30)23(24(31)32)25(33)34-14-21-19-7-3-1-5-17(19)18-6-2-4-8-20(18)21/h1-12,21-23H,13-14,30H2,(H,31,32)/t22-,23+/m1/s1. The Balaban J connectivity index is 1.46. The molecular weight excluding hydrogens is 447 g/mol. The van der Waals surface area contributed by atoms with Gasteiger partial charge in [-0.25, -0.2) is 0 Å². The molecule has 1 aliphatic rings. The van der Waals surface area contributed by atoms with E-state index in [0.29, 0.717) is 5.56 Å². The highest BCUT2D eigenvalue weighted by Crippen LogP contribution is 2.44.